The molecule has 1 aliphatic rings. The van der Waals surface area contributed by atoms with Crippen molar-refractivity contribution in [3.63, 3.8) is 0 Å². The number of nitrogens with one attached hydrogen (secondary N) is 1. The van der Waals surface area contributed by atoms with Gasteiger partial charge in [-0.15, -0.1) is 0 Å². The molecule has 0 atom stereocenters. The van der Waals surface area contributed by atoms with Gasteiger partial charge in [0, 0.05) is 29.9 Å². The lowest BCUT2D eigenvalue weighted by Gasteiger charge is -2.23. The lowest BCUT2D eigenvalue weighted by Crippen LogP contribution is -2.22. The lowest BCUT2D eigenvalue weighted by atomic mass is 9.95. The first-order valence-corrected chi connectivity index (χ1v) is 5.68. The smallest absolute Gasteiger partial charge is 0.271 e. The highest BCUT2D eigenvalue weighted by atomic mass is 16.6. The molecule has 85 valence electrons. The summed E-state index contributed by atoms with van der Waals surface area (Å²) in [7, 11) is 0. The molecule has 0 saturated heterocycles. The maximum atomic E-state index is 10.6. The summed E-state index contributed by atoms with van der Waals surface area (Å²) in [5.41, 5.74) is 0.859. The van der Waals surface area contributed by atoms with E-state index in [1.807, 2.05) is 0 Å². The molecule has 4 nitrogen and oxygen atoms in total. The second kappa shape index (κ2) is 4.96. The van der Waals surface area contributed by atoms with Crippen molar-refractivity contribution in [1.29, 1.82) is 0 Å². The molecule has 1 aromatic carbocycles. The van der Waals surface area contributed by atoms with E-state index in [-0.39, 0.29) is 10.6 Å². The lowest BCUT2D eigenvalue weighted by molar-refractivity contribution is -0.384. The summed E-state index contributed by atoms with van der Waals surface area (Å²) in [4.78, 5) is 10.2. The molecule has 1 aliphatic carbocycles. The molecule has 16 heavy (non-hydrogen) atoms. The second-order valence-corrected chi connectivity index (χ2v) is 4.20. The van der Waals surface area contributed by atoms with E-state index in [2.05, 4.69) is 11.4 Å². The van der Waals surface area contributed by atoms with Crippen LogP contribution in [0.25, 0.3) is 0 Å². The zero-order valence-corrected chi connectivity index (χ0v) is 9.11. The molecular formula is C12H15N2O2. The van der Waals surface area contributed by atoms with E-state index in [4.69, 9.17) is 0 Å². The fourth-order valence-electron chi connectivity index (χ4n) is 2.12. The Labute approximate surface area is 94.8 Å². The van der Waals surface area contributed by atoms with Gasteiger partial charge in [-0.05, 0) is 18.9 Å². The molecule has 0 spiro atoms. The van der Waals surface area contributed by atoms with Gasteiger partial charge in [0.25, 0.3) is 5.69 Å². The van der Waals surface area contributed by atoms with E-state index in [0.717, 1.165) is 18.5 Å². The van der Waals surface area contributed by atoms with Crippen LogP contribution in [0.15, 0.2) is 18.2 Å². The Morgan fingerprint density at radius 1 is 1.38 bits per heavy atom. The number of hydrogen-bond donors (Lipinski definition) is 1. The zero-order chi connectivity index (χ0) is 11.4. The highest BCUT2D eigenvalue weighted by Crippen LogP contribution is 2.23. The van der Waals surface area contributed by atoms with Crippen LogP contribution in [0, 0.1) is 16.2 Å². The van der Waals surface area contributed by atoms with E-state index >= 15 is 0 Å². The molecule has 1 radical (unpaired) electrons. The van der Waals surface area contributed by atoms with Gasteiger partial charge in [-0.3, -0.25) is 10.1 Å². The number of non-ortho nitro benzene ring substituents is 1. The Balaban J connectivity index is 2.02. The first-order chi connectivity index (χ1) is 7.75. The van der Waals surface area contributed by atoms with E-state index < -0.39 is 0 Å². The first kappa shape index (κ1) is 10.9. The SMILES string of the molecule is O=[N+]([O-])c1cc[c]c(NC2CCCCC2)c1. The predicted octanol–water partition coefficient (Wildman–Crippen LogP) is 3.14. The molecule has 0 unspecified atom stereocenters. The van der Waals surface area contributed by atoms with Crippen molar-refractivity contribution in [3.8, 4) is 0 Å². The van der Waals surface area contributed by atoms with Crippen LogP contribution in [-0.4, -0.2) is 11.0 Å². The molecule has 1 fully saturated rings. The third-order valence-electron chi connectivity index (χ3n) is 2.96. The number of nitro groups is 1. The number of nitrogens with zero attached hydrogens (tertiary/aromatic N) is 1. The third kappa shape index (κ3) is 2.72. The molecule has 0 bridgehead atoms. The van der Waals surface area contributed by atoms with Crippen LogP contribution in [0.1, 0.15) is 32.1 Å². The van der Waals surface area contributed by atoms with Gasteiger partial charge in [-0.25, -0.2) is 0 Å². The summed E-state index contributed by atoms with van der Waals surface area (Å²) in [6.45, 7) is 0. The Bertz CT molecular complexity index is 373. The van der Waals surface area contributed by atoms with Crippen molar-refractivity contribution < 1.29 is 4.92 Å². The van der Waals surface area contributed by atoms with Crippen LogP contribution in [0.4, 0.5) is 11.4 Å². The third-order valence-corrected chi connectivity index (χ3v) is 2.96. The van der Waals surface area contributed by atoms with Crippen molar-refractivity contribution in [3.05, 3.63) is 34.4 Å². The summed E-state index contributed by atoms with van der Waals surface area (Å²) >= 11 is 0. The normalized spacial score (nSPS) is 17.0. The van der Waals surface area contributed by atoms with Gasteiger partial charge < -0.3 is 5.32 Å². The summed E-state index contributed by atoms with van der Waals surface area (Å²) in [6.07, 6.45) is 6.09. The Hall–Kier alpha value is -1.58. The minimum Gasteiger partial charge on any atom is -0.382 e. The fraction of sp³-hybridized carbons (Fsp3) is 0.500. The van der Waals surface area contributed by atoms with Crippen molar-refractivity contribution in [2.45, 2.75) is 38.1 Å². The molecule has 0 amide bonds. The predicted molar refractivity (Wildman–Crippen MR) is 62.4 cm³/mol. The molecule has 0 heterocycles. The summed E-state index contributed by atoms with van der Waals surface area (Å²) in [5.74, 6) is 0. The molecule has 0 aliphatic heterocycles. The van der Waals surface area contributed by atoms with Crippen LogP contribution in [0.3, 0.4) is 0 Å². The Morgan fingerprint density at radius 2 is 2.12 bits per heavy atom. The minimum absolute atomic E-state index is 0.122. The Morgan fingerprint density at radius 3 is 2.81 bits per heavy atom. The molecular weight excluding hydrogens is 204 g/mol. The van der Waals surface area contributed by atoms with Crippen molar-refractivity contribution >= 4 is 11.4 Å². The van der Waals surface area contributed by atoms with Crippen molar-refractivity contribution in [1.82, 2.24) is 0 Å². The van der Waals surface area contributed by atoms with Crippen LogP contribution in [-0.2, 0) is 0 Å². The molecule has 1 aromatic rings. The van der Waals surface area contributed by atoms with Gasteiger partial charge in [0.05, 0.1) is 4.92 Å². The van der Waals surface area contributed by atoms with Gasteiger partial charge in [0.2, 0.25) is 0 Å². The topological polar surface area (TPSA) is 55.2 Å². The highest BCUT2D eigenvalue weighted by molar-refractivity contribution is 5.50. The van der Waals surface area contributed by atoms with E-state index in [1.165, 1.54) is 25.3 Å². The summed E-state index contributed by atoms with van der Waals surface area (Å²) < 4.78 is 0. The molecule has 4 heteroatoms. The Kier molecular flexibility index (Phi) is 3.39. The standard InChI is InChI=1S/C12H15N2O2/c15-14(16)12-8-4-7-11(9-12)13-10-5-2-1-3-6-10/h4,8-10,13H,1-3,5-6H2. The monoisotopic (exact) mass is 219 g/mol. The number of anilines is 1. The average molecular weight is 219 g/mol. The van der Waals surface area contributed by atoms with Gasteiger partial charge in [-0.1, -0.05) is 19.3 Å². The maximum absolute atomic E-state index is 10.6. The minimum atomic E-state index is -0.375. The van der Waals surface area contributed by atoms with Gasteiger partial charge in [0.15, 0.2) is 0 Å². The van der Waals surface area contributed by atoms with Crippen LogP contribution in [0.2, 0.25) is 0 Å². The summed E-state index contributed by atoms with van der Waals surface area (Å²) in [5, 5.41) is 13.9. The van der Waals surface area contributed by atoms with Crippen LogP contribution >= 0.6 is 0 Å². The van der Waals surface area contributed by atoms with Gasteiger partial charge in [-0.2, -0.15) is 0 Å². The average Bonchev–Trinajstić information content (AvgIpc) is 2.30. The van der Waals surface area contributed by atoms with Gasteiger partial charge in [0.1, 0.15) is 0 Å². The van der Waals surface area contributed by atoms with Crippen LogP contribution in [0.5, 0.6) is 0 Å². The first-order valence-electron chi connectivity index (χ1n) is 5.68. The second-order valence-electron chi connectivity index (χ2n) is 4.20. The quantitative estimate of drug-likeness (QED) is 0.627. The molecule has 1 N–H and O–H groups in total. The summed E-state index contributed by atoms with van der Waals surface area (Å²) in [6, 6.07) is 8.06. The molecule has 0 aromatic heterocycles. The number of nitro benzene ring substituents is 1. The zero-order valence-electron chi connectivity index (χ0n) is 9.11. The highest BCUT2D eigenvalue weighted by Gasteiger charge is 2.14. The fourth-order valence-corrected chi connectivity index (χ4v) is 2.12. The van der Waals surface area contributed by atoms with E-state index in [9.17, 15) is 10.1 Å². The maximum Gasteiger partial charge on any atom is 0.271 e. The molecule has 1 saturated carbocycles. The van der Waals surface area contributed by atoms with Crippen molar-refractivity contribution in [2.75, 3.05) is 5.32 Å². The van der Waals surface area contributed by atoms with Gasteiger partial charge >= 0.3 is 0 Å². The number of benzene rings is 1. The van der Waals surface area contributed by atoms with Crippen molar-refractivity contribution in [2.24, 2.45) is 0 Å². The van der Waals surface area contributed by atoms with Crippen LogP contribution < -0.4 is 5.32 Å². The molecule has 2 rings (SSSR count). The largest absolute Gasteiger partial charge is 0.382 e. The number of hydrogen-bond acceptors (Lipinski definition) is 3. The van der Waals surface area contributed by atoms with E-state index in [1.54, 1.807) is 12.1 Å². The van der Waals surface area contributed by atoms with E-state index in [0.29, 0.717) is 6.04 Å². The number of rotatable bonds is 3.